The van der Waals surface area contributed by atoms with Gasteiger partial charge in [-0.2, -0.15) is 23.5 Å². The summed E-state index contributed by atoms with van der Waals surface area (Å²) in [5.41, 5.74) is 5.64. The van der Waals surface area contributed by atoms with Gasteiger partial charge < -0.3 is 41.9 Å². The molecule has 0 bridgehead atoms. The number of nitrogens with one attached hydrogen (secondary N) is 3. The Morgan fingerprint density at radius 1 is 0.900 bits per heavy atom. The van der Waals surface area contributed by atoms with E-state index >= 15 is 0 Å². The van der Waals surface area contributed by atoms with E-state index in [1.807, 2.05) is 12.5 Å². The van der Waals surface area contributed by atoms with Crippen molar-refractivity contribution in [1.29, 1.82) is 0 Å². The van der Waals surface area contributed by atoms with Gasteiger partial charge in [-0.25, -0.2) is 4.79 Å². The molecule has 0 spiro atoms. The van der Waals surface area contributed by atoms with Crippen LogP contribution in [0.1, 0.15) is 45.4 Å². The third-order valence-electron chi connectivity index (χ3n) is 6.39. The van der Waals surface area contributed by atoms with E-state index in [2.05, 4.69) is 16.0 Å². The number of rotatable bonds is 18. The van der Waals surface area contributed by atoms with Crippen LogP contribution in [0, 0.1) is 0 Å². The molecule has 16 heteroatoms. The molecule has 0 aromatic heterocycles. The van der Waals surface area contributed by atoms with E-state index in [0.717, 1.165) is 0 Å². The monoisotopic (exact) mass is 607 g/mol. The van der Waals surface area contributed by atoms with Gasteiger partial charge in [0.25, 0.3) is 0 Å². The van der Waals surface area contributed by atoms with Crippen LogP contribution in [0.2, 0.25) is 0 Å². The predicted octanol–water partition coefficient (Wildman–Crippen LogP) is -1.40. The molecule has 1 aliphatic rings. The van der Waals surface area contributed by atoms with Crippen molar-refractivity contribution in [3.63, 3.8) is 0 Å². The maximum absolute atomic E-state index is 13.6. The molecular weight excluding hydrogens is 566 g/mol. The zero-order valence-electron chi connectivity index (χ0n) is 23.0. The summed E-state index contributed by atoms with van der Waals surface area (Å²) in [6.45, 7) is 1.52. The van der Waals surface area contributed by atoms with Gasteiger partial charge >= 0.3 is 11.9 Å². The first kappa shape index (κ1) is 35.5. The van der Waals surface area contributed by atoms with Crippen molar-refractivity contribution in [3.05, 3.63) is 0 Å². The van der Waals surface area contributed by atoms with Crippen LogP contribution in [-0.2, 0) is 28.8 Å². The highest BCUT2D eigenvalue weighted by molar-refractivity contribution is 7.98. The first-order chi connectivity index (χ1) is 18.8. The fourth-order valence-electron chi connectivity index (χ4n) is 4.05. The van der Waals surface area contributed by atoms with E-state index in [4.69, 9.17) is 10.8 Å². The zero-order valence-corrected chi connectivity index (χ0v) is 24.6. The molecule has 0 saturated carbocycles. The van der Waals surface area contributed by atoms with Crippen molar-refractivity contribution >= 4 is 59.1 Å². The van der Waals surface area contributed by atoms with Gasteiger partial charge in [-0.1, -0.05) is 0 Å². The lowest BCUT2D eigenvalue weighted by Crippen LogP contribution is -2.59. The maximum atomic E-state index is 13.6. The third-order valence-corrected chi connectivity index (χ3v) is 7.68. The Kier molecular flexibility index (Phi) is 16.0. The summed E-state index contributed by atoms with van der Waals surface area (Å²) in [5, 5.41) is 35.6. The normalized spacial score (nSPS) is 18.6. The first-order valence-electron chi connectivity index (χ1n) is 12.9. The van der Waals surface area contributed by atoms with Crippen LogP contribution in [-0.4, -0.2) is 123 Å². The van der Waals surface area contributed by atoms with Crippen LogP contribution < -0.4 is 21.7 Å². The molecule has 228 valence electrons. The standard InChI is InChI=1S/C24H41N5O9S2/c1-13(30)19(25)22(35)26-14(6-7-18(31)32)20(33)27-15(8-11-39-2)23(36)29-10-4-5-17(29)21(34)28-16(24(37)38)9-12-40-3/h13-17,19,30H,4-12,25H2,1-3H3,(H,26,35)(H,27,33)(H,28,34)(H,31,32)(H,37,38)/t13-,14+,15+,16+,17+,19+/m1/s1. The second-order valence-corrected chi connectivity index (χ2v) is 11.4. The lowest BCUT2D eigenvalue weighted by Gasteiger charge is -2.30. The van der Waals surface area contributed by atoms with Crippen molar-refractivity contribution in [3.8, 4) is 0 Å². The van der Waals surface area contributed by atoms with Crippen molar-refractivity contribution in [1.82, 2.24) is 20.9 Å². The van der Waals surface area contributed by atoms with E-state index < -0.39 is 78.3 Å². The van der Waals surface area contributed by atoms with Crippen molar-refractivity contribution < 1.29 is 44.1 Å². The molecule has 1 rings (SSSR count). The molecule has 1 aliphatic heterocycles. The van der Waals surface area contributed by atoms with Gasteiger partial charge in [0.2, 0.25) is 23.6 Å². The summed E-state index contributed by atoms with van der Waals surface area (Å²) in [5.74, 6) is -4.19. The highest BCUT2D eigenvalue weighted by Gasteiger charge is 2.39. The number of aliphatic carboxylic acids is 2. The minimum Gasteiger partial charge on any atom is -0.481 e. The molecule has 14 nitrogen and oxygen atoms in total. The Hall–Kier alpha value is -2.56. The second kappa shape index (κ2) is 18.0. The zero-order chi connectivity index (χ0) is 30.4. The van der Waals surface area contributed by atoms with Crippen LogP contribution in [0.15, 0.2) is 0 Å². The lowest BCUT2D eigenvalue weighted by molar-refractivity contribution is -0.145. The quantitative estimate of drug-likeness (QED) is 0.0954. The van der Waals surface area contributed by atoms with E-state index in [1.165, 1.54) is 35.3 Å². The van der Waals surface area contributed by atoms with Gasteiger partial charge in [-0.15, -0.1) is 0 Å². The van der Waals surface area contributed by atoms with Crippen LogP contribution in [0.4, 0.5) is 0 Å². The Balaban J connectivity index is 3.08. The summed E-state index contributed by atoms with van der Waals surface area (Å²) in [6.07, 6.45) is 2.90. The SMILES string of the molecule is CSCC[C@H](NC(=O)[C@@H]1CCCN1C(=O)[C@H](CCSC)NC(=O)[C@H](CCC(=O)O)NC(=O)[C@@H](N)[C@@H](C)O)C(=O)O. The number of carboxylic acid groups (broad SMARTS) is 2. The molecule has 8 N–H and O–H groups in total. The number of nitrogens with two attached hydrogens (primary N) is 1. The molecule has 1 fully saturated rings. The summed E-state index contributed by atoms with van der Waals surface area (Å²) in [7, 11) is 0. The van der Waals surface area contributed by atoms with Gasteiger partial charge in [0.1, 0.15) is 30.2 Å². The molecule has 0 aromatic carbocycles. The molecule has 4 amide bonds. The third kappa shape index (κ3) is 11.5. The molecule has 1 saturated heterocycles. The average Bonchev–Trinajstić information content (AvgIpc) is 3.39. The fraction of sp³-hybridized carbons (Fsp3) is 0.750. The second-order valence-electron chi connectivity index (χ2n) is 9.47. The maximum Gasteiger partial charge on any atom is 0.326 e. The Morgan fingerprint density at radius 3 is 2.00 bits per heavy atom. The van der Waals surface area contributed by atoms with Crippen molar-refractivity contribution in [2.75, 3.05) is 30.6 Å². The molecule has 40 heavy (non-hydrogen) atoms. The first-order valence-corrected chi connectivity index (χ1v) is 15.7. The van der Waals surface area contributed by atoms with Gasteiger partial charge in [-0.05, 0) is 63.0 Å². The minimum absolute atomic E-state index is 0.189. The molecule has 0 unspecified atom stereocenters. The number of aliphatic hydroxyl groups excluding tert-OH is 1. The van der Waals surface area contributed by atoms with Crippen LogP contribution in [0.5, 0.6) is 0 Å². The van der Waals surface area contributed by atoms with Crippen LogP contribution >= 0.6 is 23.5 Å². The molecule has 0 aliphatic carbocycles. The summed E-state index contributed by atoms with van der Waals surface area (Å²) >= 11 is 2.87. The van der Waals surface area contributed by atoms with E-state index in [1.54, 1.807) is 0 Å². The molecule has 0 radical (unpaired) electrons. The van der Waals surface area contributed by atoms with Gasteiger partial charge in [0, 0.05) is 13.0 Å². The van der Waals surface area contributed by atoms with Gasteiger partial charge in [-0.3, -0.25) is 24.0 Å². The Morgan fingerprint density at radius 2 is 1.48 bits per heavy atom. The van der Waals surface area contributed by atoms with Crippen molar-refractivity contribution in [2.45, 2.75) is 81.8 Å². The number of thioether (sulfide) groups is 2. The number of carbonyl (C=O) groups is 6. The number of hydrogen-bond acceptors (Lipinski definition) is 10. The number of likely N-dealkylation sites (tertiary alicyclic amines) is 1. The summed E-state index contributed by atoms with van der Waals surface area (Å²) in [6, 6.07) is -5.80. The number of hydrogen-bond donors (Lipinski definition) is 7. The lowest BCUT2D eigenvalue weighted by atomic mass is 10.1. The molecular formula is C24H41N5O9S2. The number of aliphatic hydroxyl groups is 1. The molecule has 6 atom stereocenters. The molecule has 0 aromatic rings. The van der Waals surface area contributed by atoms with Gasteiger partial charge in [0.15, 0.2) is 0 Å². The highest BCUT2D eigenvalue weighted by atomic mass is 32.2. The van der Waals surface area contributed by atoms with E-state index in [0.29, 0.717) is 24.3 Å². The Labute approximate surface area is 241 Å². The topological polar surface area (TPSA) is 228 Å². The van der Waals surface area contributed by atoms with E-state index in [9.17, 15) is 39.0 Å². The fourth-order valence-corrected chi connectivity index (χ4v) is 5.00. The molecule has 1 heterocycles. The van der Waals surface area contributed by atoms with Crippen LogP contribution in [0.25, 0.3) is 0 Å². The predicted molar refractivity (Wildman–Crippen MR) is 151 cm³/mol. The summed E-state index contributed by atoms with van der Waals surface area (Å²) in [4.78, 5) is 76.1. The highest BCUT2D eigenvalue weighted by Crippen LogP contribution is 2.20. The average molecular weight is 608 g/mol. The van der Waals surface area contributed by atoms with Crippen LogP contribution in [0.3, 0.4) is 0 Å². The number of carboxylic acids is 2. The van der Waals surface area contributed by atoms with Gasteiger partial charge in [0.05, 0.1) is 6.10 Å². The van der Waals surface area contributed by atoms with E-state index in [-0.39, 0.29) is 25.8 Å². The summed E-state index contributed by atoms with van der Waals surface area (Å²) < 4.78 is 0. The Bertz CT molecular complexity index is 908. The smallest absolute Gasteiger partial charge is 0.326 e. The number of carbonyl (C=O) groups excluding carboxylic acids is 4. The number of amides is 4. The number of nitrogens with zero attached hydrogens (tertiary/aromatic N) is 1. The largest absolute Gasteiger partial charge is 0.481 e. The minimum atomic E-state index is -1.36. The van der Waals surface area contributed by atoms with Crippen molar-refractivity contribution in [2.24, 2.45) is 5.73 Å².